The average Bonchev–Trinajstić information content (AvgIpc) is 2.73. The molecule has 7 nitrogen and oxygen atoms in total. The Hall–Kier alpha value is -2.57. The van der Waals surface area contributed by atoms with Gasteiger partial charge in [0, 0.05) is 22.8 Å². The maximum atomic E-state index is 10.6. The Kier molecular flexibility index (Phi) is 2.91. The molecule has 0 aliphatic heterocycles. The standard InChI is InChI=1S/C10H10N5O2/c1-13-8-14(7-12-13)11-6-9-3-2-4-10(5-9)15(16)17/h2-8H,1H3/q+1/b11-6+. The molecule has 0 amide bonds. The van der Waals surface area contributed by atoms with Gasteiger partial charge in [0.15, 0.2) is 0 Å². The molecule has 0 bridgehead atoms. The molecule has 2 rings (SSSR count). The van der Waals surface area contributed by atoms with E-state index in [0.29, 0.717) is 5.56 Å². The van der Waals surface area contributed by atoms with Crippen molar-refractivity contribution in [2.75, 3.05) is 0 Å². The van der Waals surface area contributed by atoms with E-state index in [1.54, 1.807) is 30.2 Å². The van der Waals surface area contributed by atoms with Crippen molar-refractivity contribution in [1.29, 1.82) is 0 Å². The Balaban J connectivity index is 2.21. The van der Waals surface area contributed by atoms with Crippen LogP contribution in [0.2, 0.25) is 0 Å². The van der Waals surface area contributed by atoms with Crippen LogP contribution in [0.3, 0.4) is 0 Å². The Labute approximate surface area is 96.8 Å². The highest BCUT2D eigenvalue weighted by molar-refractivity contribution is 5.79. The molecule has 1 aromatic heterocycles. The van der Waals surface area contributed by atoms with Gasteiger partial charge in [-0.3, -0.25) is 10.1 Å². The minimum absolute atomic E-state index is 0.0464. The molecule has 0 aliphatic carbocycles. The molecule has 2 aromatic rings. The van der Waals surface area contributed by atoms with Gasteiger partial charge in [-0.15, -0.1) is 14.5 Å². The van der Waals surface area contributed by atoms with Gasteiger partial charge in [-0.1, -0.05) is 12.1 Å². The summed E-state index contributed by atoms with van der Waals surface area (Å²) in [5.41, 5.74) is 0.709. The zero-order valence-electron chi connectivity index (χ0n) is 9.09. The molecule has 0 radical (unpaired) electrons. The van der Waals surface area contributed by atoms with Crippen molar-refractivity contribution in [1.82, 2.24) is 9.78 Å². The molecule has 17 heavy (non-hydrogen) atoms. The van der Waals surface area contributed by atoms with E-state index in [1.807, 2.05) is 0 Å². The van der Waals surface area contributed by atoms with Gasteiger partial charge in [-0.25, -0.2) is 0 Å². The molecule has 0 aliphatic rings. The molecule has 1 heterocycles. The maximum absolute atomic E-state index is 10.6. The summed E-state index contributed by atoms with van der Waals surface area (Å²) < 4.78 is 3.11. The Morgan fingerprint density at radius 3 is 3.06 bits per heavy atom. The molecular weight excluding hydrogens is 222 g/mol. The Morgan fingerprint density at radius 2 is 2.41 bits per heavy atom. The predicted molar refractivity (Wildman–Crippen MR) is 59.5 cm³/mol. The van der Waals surface area contributed by atoms with Gasteiger partial charge in [0.05, 0.1) is 18.2 Å². The maximum Gasteiger partial charge on any atom is 0.288 e. The van der Waals surface area contributed by atoms with Crippen molar-refractivity contribution >= 4 is 11.9 Å². The van der Waals surface area contributed by atoms with E-state index in [0.717, 1.165) is 0 Å². The van der Waals surface area contributed by atoms with Gasteiger partial charge >= 0.3 is 0 Å². The quantitative estimate of drug-likeness (QED) is 0.334. The Morgan fingerprint density at radius 1 is 1.59 bits per heavy atom. The van der Waals surface area contributed by atoms with Crippen LogP contribution in [0.4, 0.5) is 5.69 Å². The molecule has 7 heteroatoms. The zero-order chi connectivity index (χ0) is 12.3. The first kappa shape index (κ1) is 10.9. The number of aryl methyl sites for hydroxylation is 1. The van der Waals surface area contributed by atoms with Crippen molar-refractivity contribution in [3.8, 4) is 0 Å². The Bertz CT molecular complexity index is 576. The molecular formula is C10H10N5O2+. The van der Waals surface area contributed by atoms with Crippen LogP contribution in [-0.4, -0.2) is 20.9 Å². The van der Waals surface area contributed by atoms with Crippen molar-refractivity contribution in [3.63, 3.8) is 0 Å². The summed E-state index contributed by atoms with van der Waals surface area (Å²) in [6, 6.07) is 6.26. The normalized spacial score (nSPS) is 10.9. The van der Waals surface area contributed by atoms with Crippen molar-refractivity contribution in [2.45, 2.75) is 0 Å². The first-order chi connectivity index (χ1) is 8.15. The molecule has 0 saturated carbocycles. The number of aromatic nitrogens is 3. The molecule has 0 atom stereocenters. The van der Waals surface area contributed by atoms with E-state index >= 15 is 0 Å². The smallest absolute Gasteiger partial charge is 0.258 e. The first-order valence-corrected chi connectivity index (χ1v) is 4.84. The van der Waals surface area contributed by atoms with Gasteiger partial charge in [-0.05, 0) is 0 Å². The van der Waals surface area contributed by atoms with E-state index in [1.165, 1.54) is 29.4 Å². The van der Waals surface area contributed by atoms with Gasteiger partial charge in [0.25, 0.3) is 12.0 Å². The third-order valence-electron chi connectivity index (χ3n) is 2.06. The number of benzene rings is 1. The SMILES string of the molecule is Cn1c[n+](/N=C/c2cccc([N+](=O)[O-])c2)cn1. The van der Waals surface area contributed by atoms with Crippen LogP contribution in [0.1, 0.15) is 5.56 Å². The zero-order valence-corrected chi connectivity index (χ0v) is 9.09. The molecule has 86 valence electrons. The topological polar surface area (TPSA) is 77.2 Å². The molecule has 0 N–H and O–H groups in total. The number of nitro groups is 1. The van der Waals surface area contributed by atoms with E-state index in [9.17, 15) is 10.1 Å². The fourth-order valence-corrected chi connectivity index (χ4v) is 1.28. The minimum atomic E-state index is -0.436. The second-order valence-electron chi connectivity index (χ2n) is 3.40. The van der Waals surface area contributed by atoms with Crippen molar-refractivity contribution < 1.29 is 9.60 Å². The first-order valence-electron chi connectivity index (χ1n) is 4.84. The number of hydrogen-bond acceptors (Lipinski definition) is 4. The number of non-ortho nitro benzene ring substituents is 1. The van der Waals surface area contributed by atoms with Crippen LogP contribution < -0.4 is 4.68 Å². The van der Waals surface area contributed by atoms with Gasteiger partial charge in [-0.2, -0.15) is 0 Å². The fraction of sp³-hybridized carbons (Fsp3) is 0.100. The molecule has 0 saturated heterocycles. The van der Waals surface area contributed by atoms with Crippen LogP contribution in [0.5, 0.6) is 0 Å². The number of nitrogens with zero attached hydrogens (tertiary/aromatic N) is 5. The van der Waals surface area contributed by atoms with E-state index in [4.69, 9.17) is 0 Å². The van der Waals surface area contributed by atoms with Crippen molar-refractivity contribution in [3.05, 3.63) is 52.6 Å². The van der Waals surface area contributed by atoms with Gasteiger partial charge in [0.1, 0.15) is 0 Å². The minimum Gasteiger partial charge on any atom is -0.258 e. The van der Waals surface area contributed by atoms with Crippen LogP contribution in [0.25, 0.3) is 0 Å². The lowest BCUT2D eigenvalue weighted by Crippen LogP contribution is -2.24. The van der Waals surface area contributed by atoms with Crippen LogP contribution in [-0.2, 0) is 7.05 Å². The molecule has 0 fully saturated rings. The highest BCUT2D eigenvalue weighted by atomic mass is 16.6. The lowest BCUT2D eigenvalue weighted by Gasteiger charge is -1.92. The van der Waals surface area contributed by atoms with Crippen LogP contribution in [0.15, 0.2) is 42.0 Å². The molecule has 0 spiro atoms. The summed E-state index contributed by atoms with van der Waals surface area (Å²) >= 11 is 0. The second kappa shape index (κ2) is 4.52. The van der Waals surface area contributed by atoms with E-state index in [-0.39, 0.29) is 5.69 Å². The summed E-state index contributed by atoms with van der Waals surface area (Å²) in [6.45, 7) is 0. The lowest BCUT2D eigenvalue weighted by molar-refractivity contribution is -0.679. The molecule has 1 aromatic carbocycles. The van der Waals surface area contributed by atoms with Crippen LogP contribution >= 0.6 is 0 Å². The highest BCUT2D eigenvalue weighted by Crippen LogP contribution is 2.11. The summed E-state index contributed by atoms with van der Waals surface area (Å²) in [4.78, 5) is 10.1. The summed E-state index contributed by atoms with van der Waals surface area (Å²) in [5.74, 6) is 0. The summed E-state index contributed by atoms with van der Waals surface area (Å²) in [7, 11) is 1.78. The molecule has 0 unspecified atom stereocenters. The van der Waals surface area contributed by atoms with Gasteiger partial charge in [0.2, 0.25) is 6.33 Å². The third kappa shape index (κ3) is 2.71. The number of rotatable bonds is 3. The van der Waals surface area contributed by atoms with E-state index < -0.39 is 4.92 Å². The summed E-state index contributed by atoms with van der Waals surface area (Å²) in [6.07, 6.45) is 4.75. The van der Waals surface area contributed by atoms with Gasteiger partial charge < -0.3 is 0 Å². The second-order valence-corrected chi connectivity index (χ2v) is 3.40. The van der Waals surface area contributed by atoms with Crippen molar-refractivity contribution in [2.24, 2.45) is 12.1 Å². The fourth-order valence-electron chi connectivity index (χ4n) is 1.28. The lowest BCUT2D eigenvalue weighted by atomic mass is 10.2. The predicted octanol–water partition coefficient (Wildman–Crippen LogP) is 0.498. The third-order valence-corrected chi connectivity index (χ3v) is 2.06. The van der Waals surface area contributed by atoms with E-state index in [2.05, 4.69) is 10.2 Å². The summed E-state index contributed by atoms with van der Waals surface area (Å²) in [5, 5.41) is 18.6. The average molecular weight is 232 g/mol. The number of hydrogen-bond donors (Lipinski definition) is 0. The largest absolute Gasteiger partial charge is 0.288 e. The number of nitro benzene ring substituents is 1. The monoisotopic (exact) mass is 232 g/mol. The highest BCUT2D eigenvalue weighted by Gasteiger charge is 2.04. The van der Waals surface area contributed by atoms with Crippen LogP contribution in [0, 0.1) is 10.1 Å².